The number of cyclic esters (lactones) is 1. The maximum Gasteiger partial charge on any atom is 0.309 e. The van der Waals surface area contributed by atoms with E-state index < -0.39 is 54.6 Å². The first-order valence-corrected chi connectivity index (χ1v) is 11.9. The minimum Gasteiger partial charge on any atom is -0.504 e. The van der Waals surface area contributed by atoms with E-state index in [1.807, 2.05) is 0 Å². The summed E-state index contributed by atoms with van der Waals surface area (Å²) in [4.78, 5) is 12.5. The zero-order chi connectivity index (χ0) is 26.9. The van der Waals surface area contributed by atoms with Crippen LogP contribution in [0, 0.1) is 11.8 Å². The first-order valence-electron chi connectivity index (χ1n) is 11.9. The topological polar surface area (TPSA) is 164 Å². The number of hydrogen-bond acceptors (Lipinski definition) is 11. The van der Waals surface area contributed by atoms with Gasteiger partial charge in [-0.2, -0.15) is 0 Å². The van der Waals surface area contributed by atoms with Crippen LogP contribution in [0.3, 0.4) is 0 Å². The quantitative estimate of drug-likeness (QED) is 0.311. The smallest absolute Gasteiger partial charge is 0.309 e. The van der Waals surface area contributed by atoms with E-state index in [2.05, 4.69) is 0 Å². The van der Waals surface area contributed by atoms with Crippen molar-refractivity contribution in [3.63, 3.8) is 0 Å². The number of phenolic OH excluding ortho intramolecular Hbond substituents is 1. The Hall–Kier alpha value is -3.09. The summed E-state index contributed by atoms with van der Waals surface area (Å²) in [5.41, 5.74) is 1.19. The first kappa shape index (κ1) is 27.0. The van der Waals surface area contributed by atoms with Gasteiger partial charge in [-0.15, -0.1) is 0 Å². The Bertz CT molecular complexity index is 1110. The number of carbonyl (C=O) groups excluding carboxylic acids is 1. The number of aromatic hydroxyl groups is 1. The molecule has 8 unspecified atom stereocenters. The van der Waals surface area contributed by atoms with Crippen LogP contribution in [0.25, 0.3) is 0 Å². The van der Waals surface area contributed by atoms with Gasteiger partial charge in [0.15, 0.2) is 23.0 Å². The predicted molar refractivity (Wildman–Crippen MR) is 127 cm³/mol. The van der Waals surface area contributed by atoms with Crippen LogP contribution in [0.1, 0.15) is 24.2 Å². The molecule has 11 heteroatoms. The fourth-order valence-electron chi connectivity index (χ4n) is 4.67. The minimum absolute atomic E-state index is 0.0162. The number of phenols is 1. The van der Waals surface area contributed by atoms with Gasteiger partial charge in [-0.05, 0) is 48.7 Å². The molecule has 2 aliphatic heterocycles. The summed E-state index contributed by atoms with van der Waals surface area (Å²) in [6.45, 7) is 1.57. The van der Waals surface area contributed by atoms with E-state index >= 15 is 0 Å². The lowest BCUT2D eigenvalue weighted by Crippen LogP contribution is -2.58. The Kier molecular flexibility index (Phi) is 8.10. The number of benzene rings is 2. The average Bonchev–Trinajstić information content (AvgIpc) is 3.26. The molecule has 11 nitrogen and oxygen atoms in total. The first-order chi connectivity index (χ1) is 17.6. The number of esters is 1. The number of methoxy groups -OCH3 is 2. The second kappa shape index (κ2) is 11.1. The molecule has 0 spiro atoms. The fourth-order valence-corrected chi connectivity index (χ4v) is 4.67. The Balaban J connectivity index is 1.51. The highest BCUT2D eigenvalue weighted by Gasteiger charge is 2.44. The van der Waals surface area contributed by atoms with Crippen molar-refractivity contribution in [3.05, 3.63) is 47.5 Å². The van der Waals surface area contributed by atoms with Crippen LogP contribution in [-0.4, -0.2) is 83.0 Å². The second-order valence-corrected chi connectivity index (χ2v) is 9.27. The molecule has 2 heterocycles. The molecule has 2 aliphatic rings. The normalized spacial score (nSPS) is 30.5. The SMILES string of the molecule is COc1cc(CC2C(=O)OCC2C(O)c2ccc(OC3OC(C)C(O)C(O)C3O)c(OC)c2)ccc1O. The highest BCUT2D eigenvalue weighted by atomic mass is 16.7. The zero-order valence-electron chi connectivity index (χ0n) is 20.7. The van der Waals surface area contributed by atoms with E-state index in [0.29, 0.717) is 5.56 Å². The summed E-state index contributed by atoms with van der Waals surface area (Å²) in [6, 6.07) is 9.46. The number of aliphatic hydroxyl groups excluding tert-OH is 4. The molecule has 2 aromatic carbocycles. The van der Waals surface area contributed by atoms with Gasteiger partial charge in [0.2, 0.25) is 6.29 Å². The van der Waals surface area contributed by atoms with Crippen LogP contribution < -0.4 is 14.2 Å². The van der Waals surface area contributed by atoms with Crippen molar-refractivity contribution in [3.8, 4) is 23.0 Å². The number of ether oxygens (including phenoxy) is 5. The van der Waals surface area contributed by atoms with Gasteiger partial charge in [-0.1, -0.05) is 12.1 Å². The lowest BCUT2D eigenvalue weighted by Gasteiger charge is -2.39. The van der Waals surface area contributed by atoms with E-state index in [4.69, 9.17) is 23.7 Å². The van der Waals surface area contributed by atoms with E-state index in [1.54, 1.807) is 31.2 Å². The van der Waals surface area contributed by atoms with Crippen molar-refractivity contribution in [2.24, 2.45) is 11.8 Å². The molecule has 0 aliphatic carbocycles. The molecule has 8 atom stereocenters. The lowest BCUT2D eigenvalue weighted by molar-refractivity contribution is -0.268. The predicted octanol–water partition coefficient (Wildman–Crippen LogP) is 0.681. The van der Waals surface area contributed by atoms with Gasteiger partial charge in [0.05, 0.1) is 39.0 Å². The lowest BCUT2D eigenvalue weighted by atomic mass is 9.83. The molecule has 0 aromatic heterocycles. The molecule has 0 radical (unpaired) electrons. The largest absolute Gasteiger partial charge is 0.504 e. The van der Waals surface area contributed by atoms with Gasteiger partial charge in [0.25, 0.3) is 0 Å². The van der Waals surface area contributed by atoms with Crippen molar-refractivity contribution in [2.45, 2.75) is 50.2 Å². The number of hydrogen-bond donors (Lipinski definition) is 5. The zero-order valence-corrected chi connectivity index (χ0v) is 20.7. The number of aliphatic hydroxyl groups is 4. The summed E-state index contributed by atoms with van der Waals surface area (Å²) >= 11 is 0. The molecule has 5 N–H and O–H groups in total. The van der Waals surface area contributed by atoms with Gasteiger partial charge in [0.1, 0.15) is 18.3 Å². The molecule has 0 amide bonds. The van der Waals surface area contributed by atoms with Crippen molar-refractivity contribution >= 4 is 5.97 Å². The van der Waals surface area contributed by atoms with Crippen molar-refractivity contribution in [1.82, 2.24) is 0 Å². The summed E-state index contributed by atoms with van der Waals surface area (Å²) in [7, 11) is 2.84. The van der Waals surface area contributed by atoms with Crippen LogP contribution in [-0.2, 0) is 20.7 Å². The summed E-state index contributed by atoms with van der Waals surface area (Å²) in [6.07, 6.45) is -7.05. The second-order valence-electron chi connectivity index (χ2n) is 9.27. The van der Waals surface area contributed by atoms with Crippen molar-refractivity contribution in [1.29, 1.82) is 0 Å². The number of carbonyl (C=O) groups is 1. The van der Waals surface area contributed by atoms with Gasteiger partial charge in [-0.3, -0.25) is 4.79 Å². The average molecular weight is 521 g/mol. The van der Waals surface area contributed by atoms with Crippen molar-refractivity contribution < 1.29 is 54.0 Å². The van der Waals surface area contributed by atoms with Crippen LogP contribution >= 0.6 is 0 Å². The van der Waals surface area contributed by atoms with Crippen molar-refractivity contribution in [2.75, 3.05) is 20.8 Å². The van der Waals surface area contributed by atoms with Gasteiger partial charge in [-0.25, -0.2) is 0 Å². The molecule has 0 saturated carbocycles. The molecule has 0 bridgehead atoms. The van der Waals surface area contributed by atoms with E-state index in [9.17, 15) is 30.3 Å². The third-order valence-corrected chi connectivity index (χ3v) is 6.92. The van der Waals surface area contributed by atoms with Crippen LogP contribution in [0.15, 0.2) is 36.4 Å². The van der Waals surface area contributed by atoms with Gasteiger partial charge < -0.3 is 49.2 Å². The number of rotatable bonds is 8. The van der Waals surface area contributed by atoms with E-state index in [0.717, 1.165) is 5.56 Å². The molecule has 2 fully saturated rings. The monoisotopic (exact) mass is 520 g/mol. The van der Waals surface area contributed by atoms with Gasteiger partial charge >= 0.3 is 5.97 Å². The molecule has 37 heavy (non-hydrogen) atoms. The molecular formula is C26H32O11. The molecule has 202 valence electrons. The molecule has 2 aromatic rings. The van der Waals surface area contributed by atoms with Crippen LogP contribution in [0.5, 0.6) is 23.0 Å². The van der Waals surface area contributed by atoms with E-state index in [1.165, 1.54) is 26.4 Å². The van der Waals surface area contributed by atoms with E-state index in [-0.39, 0.29) is 36.0 Å². The van der Waals surface area contributed by atoms with Crippen LogP contribution in [0.2, 0.25) is 0 Å². The summed E-state index contributed by atoms with van der Waals surface area (Å²) < 4.78 is 27.0. The Labute approximate surface area is 213 Å². The highest BCUT2D eigenvalue weighted by Crippen LogP contribution is 2.40. The Morgan fingerprint density at radius 1 is 0.973 bits per heavy atom. The maximum absolute atomic E-state index is 12.5. The Morgan fingerprint density at radius 2 is 1.70 bits per heavy atom. The molecule has 4 rings (SSSR count). The maximum atomic E-state index is 12.5. The fraction of sp³-hybridized carbons (Fsp3) is 0.500. The standard InChI is InChI=1S/C26H32O11/c1-12-21(28)23(30)24(31)26(36-12)37-18-7-5-14(10-20(18)34-3)22(29)16-11-35-25(32)15(16)8-13-4-6-17(27)19(9-13)33-2/h4-7,9-10,12,15-16,21-24,26-31H,8,11H2,1-3H3. The highest BCUT2D eigenvalue weighted by molar-refractivity contribution is 5.75. The molecular weight excluding hydrogens is 488 g/mol. The summed E-state index contributed by atoms with van der Waals surface area (Å²) in [5.74, 6) is -0.935. The third kappa shape index (κ3) is 5.46. The minimum atomic E-state index is -1.50. The Morgan fingerprint density at radius 3 is 2.41 bits per heavy atom. The summed E-state index contributed by atoms with van der Waals surface area (Å²) in [5, 5.41) is 51.2. The third-order valence-electron chi connectivity index (χ3n) is 6.92. The van der Waals surface area contributed by atoms with Crippen LogP contribution in [0.4, 0.5) is 0 Å². The molecule has 2 saturated heterocycles. The van der Waals surface area contributed by atoms with Gasteiger partial charge in [0, 0.05) is 5.92 Å².